The Kier molecular flexibility index (Phi) is 3.91. The van der Waals surface area contributed by atoms with Crippen LogP contribution in [0.25, 0.3) is 10.9 Å². The van der Waals surface area contributed by atoms with Gasteiger partial charge in [-0.2, -0.15) is 5.10 Å². The Balaban J connectivity index is 1.67. The second kappa shape index (κ2) is 5.83. The summed E-state index contributed by atoms with van der Waals surface area (Å²) in [6.07, 6.45) is 5.82. The van der Waals surface area contributed by atoms with E-state index in [9.17, 15) is 0 Å². The normalized spacial score (nSPS) is 19.2. The van der Waals surface area contributed by atoms with Gasteiger partial charge in [0, 0.05) is 22.1 Å². The van der Waals surface area contributed by atoms with E-state index in [1.807, 2.05) is 12.3 Å². The van der Waals surface area contributed by atoms with Gasteiger partial charge < -0.3 is 10.5 Å². The standard InChI is InChI=1S/C14H17BrN4O/c15-10-5-13(12-8-17-18-14(12)6-10)16-7-9-1-3-11(19-20)4-2-9/h5-6,8-9,16,20H,1-4,7H2,(H,17,18). The van der Waals surface area contributed by atoms with Crippen LogP contribution in [0.3, 0.4) is 0 Å². The molecule has 20 heavy (non-hydrogen) atoms. The molecule has 3 N–H and O–H groups in total. The van der Waals surface area contributed by atoms with Gasteiger partial charge in [0.25, 0.3) is 0 Å². The van der Waals surface area contributed by atoms with Gasteiger partial charge in [0.05, 0.1) is 17.4 Å². The van der Waals surface area contributed by atoms with Gasteiger partial charge in [0.2, 0.25) is 0 Å². The molecule has 1 aliphatic carbocycles. The number of aromatic nitrogens is 2. The molecule has 0 spiro atoms. The summed E-state index contributed by atoms with van der Waals surface area (Å²) < 4.78 is 1.04. The molecule has 1 aromatic carbocycles. The third-order valence-electron chi connectivity index (χ3n) is 3.93. The molecule has 0 amide bonds. The van der Waals surface area contributed by atoms with Crippen LogP contribution in [0.2, 0.25) is 0 Å². The highest BCUT2D eigenvalue weighted by Gasteiger charge is 2.18. The van der Waals surface area contributed by atoms with E-state index in [1.54, 1.807) is 0 Å². The van der Waals surface area contributed by atoms with Gasteiger partial charge in [-0.25, -0.2) is 0 Å². The topological polar surface area (TPSA) is 73.3 Å². The highest BCUT2D eigenvalue weighted by Crippen LogP contribution is 2.28. The molecule has 1 aliphatic rings. The van der Waals surface area contributed by atoms with Crippen LogP contribution in [-0.2, 0) is 0 Å². The van der Waals surface area contributed by atoms with Gasteiger partial charge in [-0.05, 0) is 43.7 Å². The molecule has 0 unspecified atom stereocenters. The fraction of sp³-hybridized carbons (Fsp3) is 0.429. The number of rotatable bonds is 3. The van der Waals surface area contributed by atoms with E-state index in [0.717, 1.165) is 59.0 Å². The van der Waals surface area contributed by atoms with E-state index >= 15 is 0 Å². The second-order valence-electron chi connectivity index (χ2n) is 5.28. The molecule has 1 fully saturated rings. The van der Waals surface area contributed by atoms with Gasteiger partial charge in [0.15, 0.2) is 0 Å². The summed E-state index contributed by atoms with van der Waals surface area (Å²) in [7, 11) is 0. The van der Waals surface area contributed by atoms with Crippen molar-refractivity contribution in [3.63, 3.8) is 0 Å². The maximum absolute atomic E-state index is 8.77. The lowest BCUT2D eigenvalue weighted by molar-refractivity contribution is 0.311. The highest BCUT2D eigenvalue weighted by molar-refractivity contribution is 9.10. The SMILES string of the molecule is ON=C1CCC(CNc2cc(Br)cc3[nH]ncc23)CC1. The Bertz CT molecular complexity index is 627. The molecule has 1 heterocycles. The Labute approximate surface area is 125 Å². The lowest BCUT2D eigenvalue weighted by atomic mass is 9.88. The summed E-state index contributed by atoms with van der Waals surface area (Å²) in [5.74, 6) is 0.626. The molecule has 0 aliphatic heterocycles. The van der Waals surface area contributed by atoms with E-state index in [2.05, 4.69) is 42.7 Å². The van der Waals surface area contributed by atoms with Gasteiger partial charge in [-0.15, -0.1) is 0 Å². The molecule has 0 saturated heterocycles. The first kappa shape index (κ1) is 13.4. The van der Waals surface area contributed by atoms with Crippen molar-refractivity contribution in [3.05, 3.63) is 22.8 Å². The van der Waals surface area contributed by atoms with Gasteiger partial charge >= 0.3 is 0 Å². The molecule has 0 atom stereocenters. The number of nitrogens with one attached hydrogen (secondary N) is 2. The molecule has 1 saturated carbocycles. The van der Waals surface area contributed by atoms with Crippen molar-refractivity contribution in [2.75, 3.05) is 11.9 Å². The fourth-order valence-corrected chi connectivity index (χ4v) is 3.19. The smallest absolute Gasteiger partial charge is 0.0682 e. The minimum absolute atomic E-state index is 0.626. The summed E-state index contributed by atoms with van der Waals surface area (Å²) in [5, 5.41) is 23.8. The van der Waals surface area contributed by atoms with Gasteiger partial charge in [-0.1, -0.05) is 21.1 Å². The zero-order valence-electron chi connectivity index (χ0n) is 11.1. The molecule has 3 rings (SSSR count). The average molecular weight is 337 g/mol. The monoisotopic (exact) mass is 336 g/mol. The summed E-state index contributed by atoms with van der Waals surface area (Å²) in [5.41, 5.74) is 3.06. The largest absolute Gasteiger partial charge is 0.411 e. The quantitative estimate of drug-likeness (QED) is 0.590. The summed E-state index contributed by atoms with van der Waals surface area (Å²) in [6, 6.07) is 4.11. The minimum Gasteiger partial charge on any atom is -0.411 e. The average Bonchev–Trinajstić information content (AvgIpc) is 2.93. The van der Waals surface area contributed by atoms with Crippen LogP contribution >= 0.6 is 15.9 Å². The lowest BCUT2D eigenvalue weighted by Gasteiger charge is -2.23. The maximum atomic E-state index is 8.77. The van der Waals surface area contributed by atoms with E-state index in [1.165, 1.54) is 0 Å². The predicted octanol–water partition coefficient (Wildman–Crippen LogP) is 3.76. The van der Waals surface area contributed by atoms with Crippen LogP contribution in [0.5, 0.6) is 0 Å². The molecule has 1 aromatic heterocycles. The van der Waals surface area contributed by atoms with Crippen LogP contribution in [0.15, 0.2) is 28.0 Å². The Morgan fingerprint density at radius 2 is 2.20 bits per heavy atom. The van der Waals surface area contributed by atoms with Crippen LogP contribution < -0.4 is 5.32 Å². The first-order valence-electron chi connectivity index (χ1n) is 6.82. The number of H-pyrrole nitrogens is 1. The van der Waals surface area contributed by atoms with Crippen LogP contribution in [0.1, 0.15) is 25.7 Å². The number of anilines is 1. The molecule has 2 aromatic rings. The first-order chi connectivity index (χ1) is 9.76. The Morgan fingerprint density at radius 3 is 2.95 bits per heavy atom. The summed E-state index contributed by atoms with van der Waals surface area (Å²) >= 11 is 3.52. The van der Waals surface area contributed by atoms with E-state index in [-0.39, 0.29) is 0 Å². The van der Waals surface area contributed by atoms with Crippen LogP contribution in [-0.4, -0.2) is 27.7 Å². The number of oxime groups is 1. The number of hydrogen-bond donors (Lipinski definition) is 3. The van der Waals surface area contributed by atoms with Crippen LogP contribution in [0, 0.1) is 5.92 Å². The number of benzene rings is 1. The number of fused-ring (bicyclic) bond motifs is 1. The lowest BCUT2D eigenvalue weighted by Crippen LogP contribution is -2.21. The molecule has 6 heteroatoms. The maximum Gasteiger partial charge on any atom is 0.0682 e. The molecular formula is C14H17BrN4O. The van der Waals surface area contributed by atoms with Crippen molar-refractivity contribution in [1.82, 2.24) is 10.2 Å². The molecule has 0 radical (unpaired) electrons. The van der Waals surface area contributed by atoms with E-state index in [4.69, 9.17) is 5.21 Å². The Morgan fingerprint density at radius 1 is 1.40 bits per heavy atom. The first-order valence-corrected chi connectivity index (χ1v) is 7.62. The van der Waals surface area contributed by atoms with E-state index < -0.39 is 0 Å². The molecular weight excluding hydrogens is 320 g/mol. The predicted molar refractivity (Wildman–Crippen MR) is 83.5 cm³/mol. The Hall–Kier alpha value is -1.56. The minimum atomic E-state index is 0.626. The second-order valence-corrected chi connectivity index (χ2v) is 6.19. The fourth-order valence-electron chi connectivity index (χ4n) is 2.73. The molecule has 5 nitrogen and oxygen atoms in total. The van der Waals surface area contributed by atoms with Crippen molar-refractivity contribution in [1.29, 1.82) is 0 Å². The van der Waals surface area contributed by atoms with Gasteiger partial charge in [0.1, 0.15) is 0 Å². The van der Waals surface area contributed by atoms with Crippen LogP contribution in [0.4, 0.5) is 5.69 Å². The van der Waals surface area contributed by atoms with Crippen molar-refractivity contribution in [2.45, 2.75) is 25.7 Å². The number of hydrogen-bond acceptors (Lipinski definition) is 4. The zero-order chi connectivity index (χ0) is 13.9. The summed E-state index contributed by atoms with van der Waals surface area (Å²) in [6.45, 7) is 0.940. The summed E-state index contributed by atoms with van der Waals surface area (Å²) in [4.78, 5) is 0. The number of halogens is 1. The number of aromatic amines is 1. The third kappa shape index (κ3) is 2.80. The van der Waals surface area contributed by atoms with Crippen molar-refractivity contribution in [3.8, 4) is 0 Å². The van der Waals surface area contributed by atoms with Crippen molar-refractivity contribution >= 4 is 38.2 Å². The van der Waals surface area contributed by atoms with Crippen molar-refractivity contribution < 1.29 is 5.21 Å². The zero-order valence-corrected chi connectivity index (χ0v) is 12.7. The highest BCUT2D eigenvalue weighted by atomic mass is 79.9. The van der Waals surface area contributed by atoms with Gasteiger partial charge in [-0.3, -0.25) is 5.10 Å². The molecule has 106 valence electrons. The molecule has 0 bridgehead atoms. The van der Waals surface area contributed by atoms with E-state index in [0.29, 0.717) is 5.92 Å². The van der Waals surface area contributed by atoms with Crippen molar-refractivity contribution in [2.24, 2.45) is 11.1 Å². The number of nitrogens with zero attached hydrogens (tertiary/aromatic N) is 2. The third-order valence-corrected chi connectivity index (χ3v) is 4.39.